The van der Waals surface area contributed by atoms with Crippen LogP contribution >= 0.6 is 11.8 Å². The zero-order valence-electron chi connectivity index (χ0n) is 13.8. The Balaban J connectivity index is 1.27. The molecule has 0 atom stereocenters. The molecule has 0 aliphatic carbocycles. The van der Waals surface area contributed by atoms with E-state index in [1.54, 1.807) is 29.2 Å². The van der Waals surface area contributed by atoms with E-state index in [1.165, 1.54) is 11.8 Å². The largest absolute Gasteiger partial charge is 0.454 e. The number of ether oxygens (including phenoxy) is 2. The second-order valence-electron chi connectivity index (χ2n) is 5.52. The monoisotopic (exact) mass is 368 g/mol. The lowest BCUT2D eigenvalue weighted by molar-refractivity contribution is -0.115. The highest BCUT2D eigenvalue weighted by Crippen LogP contribution is 2.34. The average molecular weight is 368 g/mol. The minimum atomic E-state index is -0.0705. The Bertz CT molecular complexity index is 914. The summed E-state index contributed by atoms with van der Waals surface area (Å²) in [5, 5.41) is 7.91. The van der Waals surface area contributed by atoms with Crippen molar-refractivity contribution >= 4 is 23.4 Å². The molecule has 0 unspecified atom stereocenters. The van der Waals surface area contributed by atoms with Gasteiger partial charge < -0.3 is 14.8 Å². The van der Waals surface area contributed by atoms with Crippen molar-refractivity contribution in [2.75, 3.05) is 17.9 Å². The van der Waals surface area contributed by atoms with E-state index in [4.69, 9.17) is 9.47 Å². The van der Waals surface area contributed by atoms with Gasteiger partial charge in [-0.25, -0.2) is 9.67 Å². The van der Waals surface area contributed by atoms with Gasteiger partial charge in [-0.2, -0.15) is 0 Å². The highest BCUT2D eigenvalue weighted by molar-refractivity contribution is 7.99. The van der Waals surface area contributed by atoms with Crippen molar-refractivity contribution in [1.82, 2.24) is 14.8 Å². The molecular formula is C18H16N4O3S. The maximum absolute atomic E-state index is 12.1. The zero-order chi connectivity index (χ0) is 17.8. The first-order valence-electron chi connectivity index (χ1n) is 8.07. The van der Waals surface area contributed by atoms with Crippen LogP contribution in [0.15, 0.2) is 60.0 Å². The lowest BCUT2D eigenvalue weighted by Crippen LogP contribution is -2.12. The SMILES string of the molecule is O=C(CCSc1ncn(-c2ccccc2)n1)Nc1ccc2c(c1)OCO2. The normalized spacial score (nSPS) is 12.2. The van der Waals surface area contributed by atoms with Gasteiger partial charge in [0.1, 0.15) is 6.33 Å². The summed E-state index contributed by atoms with van der Waals surface area (Å²) in [6, 6.07) is 15.1. The molecule has 8 heteroatoms. The van der Waals surface area contributed by atoms with Gasteiger partial charge in [0.25, 0.3) is 0 Å². The van der Waals surface area contributed by atoms with Gasteiger partial charge >= 0.3 is 0 Å². The number of amides is 1. The third kappa shape index (κ3) is 3.80. The standard InChI is InChI=1S/C18H16N4O3S/c23-17(20-13-6-7-15-16(10-13)25-12-24-15)8-9-26-18-19-11-22(21-18)14-4-2-1-3-5-14/h1-7,10-11H,8-9,12H2,(H,20,23). The maximum atomic E-state index is 12.1. The van der Waals surface area contributed by atoms with E-state index in [-0.39, 0.29) is 12.7 Å². The van der Waals surface area contributed by atoms with Gasteiger partial charge in [0.2, 0.25) is 17.9 Å². The Morgan fingerprint density at radius 2 is 2.00 bits per heavy atom. The fourth-order valence-corrected chi connectivity index (χ4v) is 3.19. The Morgan fingerprint density at radius 3 is 2.88 bits per heavy atom. The Morgan fingerprint density at radius 1 is 1.15 bits per heavy atom. The van der Waals surface area contributed by atoms with E-state index in [9.17, 15) is 4.79 Å². The number of hydrogen-bond acceptors (Lipinski definition) is 6. The number of thioether (sulfide) groups is 1. The van der Waals surface area contributed by atoms with Crippen molar-refractivity contribution in [3.8, 4) is 17.2 Å². The Kier molecular flexibility index (Phi) is 4.74. The van der Waals surface area contributed by atoms with Crippen LogP contribution in [-0.2, 0) is 4.79 Å². The molecule has 2 aromatic carbocycles. The second-order valence-corrected chi connectivity index (χ2v) is 6.58. The van der Waals surface area contributed by atoms with Gasteiger partial charge in [-0.15, -0.1) is 5.10 Å². The molecule has 1 amide bonds. The third-order valence-electron chi connectivity index (χ3n) is 3.71. The Labute approximate surface area is 154 Å². The summed E-state index contributed by atoms with van der Waals surface area (Å²) in [6.45, 7) is 0.214. The molecule has 26 heavy (non-hydrogen) atoms. The molecule has 2 heterocycles. The van der Waals surface area contributed by atoms with E-state index < -0.39 is 0 Å². The summed E-state index contributed by atoms with van der Waals surface area (Å²) in [4.78, 5) is 16.4. The minimum Gasteiger partial charge on any atom is -0.454 e. The smallest absolute Gasteiger partial charge is 0.231 e. The van der Waals surface area contributed by atoms with Crippen LogP contribution in [0.3, 0.4) is 0 Å². The van der Waals surface area contributed by atoms with Crippen LogP contribution in [0.2, 0.25) is 0 Å². The molecule has 4 rings (SSSR count). The first kappa shape index (κ1) is 16.5. The first-order chi connectivity index (χ1) is 12.8. The summed E-state index contributed by atoms with van der Waals surface area (Å²) in [5.41, 5.74) is 1.64. The molecule has 1 aliphatic rings. The van der Waals surface area contributed by atoms with Crippen molar-refractivity contribution in [2.24, 2.45) is 0 Å². The average Bonchev–Trinajstić information content (AvgIpc) is 3.31. The van der Waals surface area contributed by atoms with Crippen LogP contribution in [0.25, 0.3) is 5.69 Å². The molecule has 1 aromatic heterocycles. The van der Waals surface area contributed by atoms with Gasteiger partial charge in [-0.1, -0.05) is 30.0 Å². The predicted molar refractivity (Wildman–Crippen MR) is 97.9 cm³/mol. The fraction of sp³-hybridized carbons (Fsp3) is 0.167. The molecule has 0 bridgehead atoms. The molecule has 0 fully saturated rings. The molecule has 1 N–H and O–H groups in total. The first-order valence-corrected chi connectivity index (χ1v) is 9.06. The third-order valence-corrected chi connectivity index (χ3v) is 4.56. The highest BCUT2D eigenvalue weighted by atomic mass is 32.2. The molecule has 0 saturated heterocycles. The number of rotatable bonds is 6. The van der Waals surface area contributed by atoms with Crippen molar-refractivity contribution < 1.29 is 14.3 Å². The molecule has 1 aliphatic heterocycles. The molecular weight excluding hydrogens is 352 g/mol. The van der Waals surface area contributed by atoms with Crippen molar-refractivity contribution in [3.63, 3.8) is 0 Å². The van der Waals surface area contributed by atoms with Crippen LogP contribution < -0.4 is 14.8 Å². The Hall–Kier alpha value is -3.00. The summed E-state index contributed by atoms with van der Waals surface area (Å²) in [5.74, 6) is 1.86. The van der Waals surface area contributed by atoms with Gasteiger partial charge in [-0.05, 0) is 24.3 Å². The zero-order valence-corrected chi connectivity index (χ0v) is 14.6. The van der Waals surface area contributed by atoms with E-state index in [1.807, 2.05) is 30.3 Å². The number of fused-ring (bicyclic) bond motifs is 1. The van der Waals surface area contributed by atoms with Gasteiger partial charge in [0, 0.05) is 23.9 Å². The molecule has 7 nitrogen and oxygen atoms in total. The number of hydrogen-bond donors (Lipinski definition) is 1. The number of nitrogens with one attached hydrogen (secondary N) is 1. The number of anilines is 1. The maximum Gasteiger partial charge on any atom is 0.231 e. The number of carbonyl (C=O) groups is 1. The van der Waals surface area contributed by atoms with Gasteiger partial charge in [-0.3, -0.25) is 4.79 Å². The van der Waals surface area contributed by atoms with Gasteiger partial charge in [0.15, 0.2) is 11.5 Å². The lowest BCUT2D eigenvalue weighted by atomic mass is 10.2. The number of aromatic nitrogens is 3. The van der Waals surface area contributed by atoms with Crippen LogP contribution in [-0.4, -0.2) is 33.2 Å². The van der Waals surface area contributed by atoms with Crippen molar-refractivity contribution in [1.29, 1.82) is 0 Å². The molecule has 3 aromatic rings. The second kappa shape index (κ2) is 7.49. The topological polar surface area (TPSA) is 78.3 Å². The van der Waals surface area contributed by atoms with Crippen molar-refractivity contribution in [3.05, 3.63) is 54.9 Å². The van der Waals surface area contributed by atoms with Crippen LogP contribution in [0.1, 0.15) is 6.42 Å². The van der Waals surface area contributed by atoms with E-state index >= 15 is 0 Å². The lowest BCUT2D eigenvalue weighted by Gasteiger charge is -2.05. The van der Waals surface area contributed by atoms with Gasteiger partial charge in [0.05, 0.1) is 5.69 Å². The number of carbonyl (C=O) groups excluding carboxylic acids is 1. The van der Waals surface area contributed by atoms with E-state index in [2.05, 4.69) is 15.4 Å². The number of benzene rings is 2. The van der Waals surface area contributed by atoms with E-state index in [0.29, 0.717) is 34.5 Å². The summed E-state index contributed by atoms with van der Waals surface area (Å²) in [6.07, 6.45) is 2.03. The summed E-state index contributed by atoms with van der Waals surface area (Å²) < 4.78 is 12.3. The number of para-hydroxylation sites is 1. The van der Waals surface area contributed by atoms with Crippen LogP contribution in [0.4, 0.5) is 5.69 Å². The predicted octanol–water partition coefficient (Wildman–Crippen LogP) is 3.12. The van der Waals surface area contributed by atoms with Crippen molar-refractivity contribution in [2.45, 2.75) is 11.6 Å². The molecule has 0 spiro atoms. The quantitative estimate of drug-likeness (QED) is 0.674. The molecule has 0 radical (unpaired) electrons. The molecule has 0 saturated carbocycles. The van der Waals surface area contributed by atoms with E-state index in [0.717, 1.165) is 5.69 Å². The highest BCUT2D eigenvalue weighted by Gasteiger charge is 2.14. The minimum absolute atomic E-state index is 0.0705. The van der Waals surface area contributed by atoms with Crippen LogP contribution in [0, 0.1) is 0 Å². The summed E-state index contributed by atoms with van der Waals surface area (Å²) >= 11 is 1.45. The molecule has 132 valence electrons. The van der Waals surface area contributed by atoms with Crippen LogP contribution in [0.5, 0.6) is 11.5 Å². The fourth-order valence-electron chi connectivity index (χ4n) is 2.45. The summed E-state index contributed by atoms with van der Waals surface area (Å²) in [7, 11) is 0. The number of nitrogens with zero attached hydrogens (tertiary/aromatic N) is 3.